The van der Waals surface area contributed by atoms with Crippen LogP contribution in [0, 0.1) is 0 Å². The first-order valence-electron chi connectivity index (χ1n) is 8.42. The second-order valence-electron chi connectivity index (χ2n) is 5.95. The molecule has 2 amide bonds. The summed E-state index contributed by atoms with van der Waals surface area (Å²) < 4.78 is 30.3. The Kier molecular flexibility index (Phi) is 9.09. The molecule has 0 fully saturated rings. The van der Waals surface area contributed by atoms with Crippen LogP contribution in [0.1, 0.15) is 23.7 Å². The first-order valence-corrected chi connectivity index (χ1v) is 8.42. The highest BCUT2D eigenvalue weighted by Crippen LogP contribution is 2.19. The average Bonchev–Trinajstić information content (AvgIpc) is 2.67. The summed E-state index contributed by atoms with van der Waals surface area (Å²) in [5, 5.41) is 2.82. The minimum absolute atomic E-state index is 0.0327. The lowest BCUT2D eigenvalue weighted by molar-refractivity contribution is -0.148. The van der Waals surface area contributed by atoms with Crippen molar-refractivity contribution in [1.82, 2.24) is 10.2 Å². The number of Topliss-reactive ketones (excluding diaryl/α,β-unsaturated/α-hetero) is 1. The van der Waals surface area contributed by atoms with Crippen LogP contribution >= 0.6 is 0 Å². The van der Waals surface area contributed by atoms with Crippen LogP contribution in [-0.2, 0) is 19.1 Å². The van der Waals surface area contributed by atoms with Crippen molar-refractivity contribution < 1.29 is 32.7 Å². The second kappa shape index (κ2) is 11.0. The van der Waals surface area contributed by atoms with Crippen molar-refractivity contribution in [3.05, 3.63) is 29.8 Å². The maximum absolute atomic E-state index is 13.0. The molecule has 0 aliphatic heterocycles. The zero-order valence-electron chi connectivity index (χ0n) is 15.9. The molecule has 0 aliphatic carbocycles. The van der Waals surface area contributed by atoms with Crippen LogP contribution in [0.2, 0.25) is 0 Å². The third-order valence-corrected chi connectivity index (χ3v) is 3.82. The number of anilines is 1. The molecule has 10 nitrogen and oxygen atoms in total. The summed E-state index contributed by atoms with van der Waals surface area (Å²) >= 11 is 0. The lowest BCUT2D eigenvalue weighted by Gasteiger charge is -2.25. The van der Waals surface area contributed by atoms with Gasteiger partial charge in [-0.15, -0.1) is 0 Å². The number of hydrazine groups is 2. The number of alkyl halides is 2. The number of amides is 2. The Morgan fingerprint density at radius 1 is 1.17 bits per heavy atom. The molecular weight excluding hydrogens is 392 g/mol. The highest BCUT2D eigenvalue weighted by molar-refractivity contribution is 6.04. The summed E-state index contributed by atoms with van der Waals surface area (Å²) in [7, 11) is 1.04. The van der Waals surface area contributed by atoms with E-state index in [1.807, 2.05) is 0 Å². The third-order valence-electron chi connectivity index (χ3n) is 3.82. The van der Waals surface area contributed by atoms with E-state index >= 15 is 0 Å². The van der Waals surface area contributed by atoms with Crippen LogP contribution in [0.4, 0.5) is 14.5 Å². The standard InChI is InChI=1S/C17H23F2N5O5/c1-10(25)15(17(28)29-2)22-14(26)7-8-23(9-13(18)19)16(27)11-5-3-4-6-12(11)24(20)21/h3-6,13,15H,7-9,20-21H2,1-2H3,(H,22,26). The Morgan fingerprint density at radius 2 is 1.79 bits per heavy atom. The second-order valence-corrected chi connectivity index (χ2v) is 5.95. The number of ketones is 1. The van der Waals surface area contributed by atoms with Crippen molar-refractivity contribution in [2.45, 2.75) is 25.8 Å². The number of benzene rings is 1. The zero-order valence-corrected chi connectivity index (χ0v) is 15.9. The van der Waals surface area contributed by atoms with Crippen LogP contribution < -0.4 is 22.1 Å². The molecule has 0 heterocycles. The van der Waals surface area contributed by atoms with Gasteiger partial charge in [0.1, 0.15) is 0 Å². The minimum atomic E-state index is -2.86. The van der Waals surface area contributed by atoms with Crippen LogP contribution in [0.25, 0.3) is 0 Å². The average molecular weight is 415 g/mol. The summed E-state index contributed by atoms with van der Waals surface area (Å²) in [5.41, 5.74) is 0.0679. The fraction of sp³-hybridized carbons (Fsp3) is 0.412. The molecule has 0 aromatic heterocycles. The van der Waals surface area contributed by atoms with E-state index in [2.05, 4.69) is 10.1 Å². The van der Waals surface area contributed by atoms with Gasteiger partial charge in [0, 0.05) is 13.0 Å². The fourth-order valence-electron chi connectivity index (χ4n) is 2.41. The zero-order chi connectivity index (χ0) is 22.1. The predicted molar refractivity (Wildman–Crippen MR) is 98.4 cm³/mol. The van der Waals surface area contributed by atoms with Gasteiger partial charge in [0.25, 0.3) is 12.3 Å². The minimum Gasteiger partial charge on any atom is -0.467 e. The molecule has 0 saturated heterocycles. The quantitative estimate of drug-likeness (QED) is 0.202. The van der Waals surface area contributed by atoms with E-state index in [9.17, 15) is 28.0 Å². The van der Waals surface area contributed by atoms with Gasteiger partial charge in [0.2, 0.25) is 5.91 Å². The van der Waals surface area contributed by atoms with E-state index in [0.717, 1.165) is 18.9 Å². The number of esters is 1. The van der Waals surface area contributed by atoms with Crippen LogP contribution in [0.3, 0.4) is 0 Å². The van der Waals surface area contributed by atoms with Crippen LogP contribution in [-0.4, -0.2) is 61.1 Å². The summed E-state index contributed by atoms with van der Waals surface area (Å²) in [6.45, 7) is -0.260. The molecule has 29 heavy (non-hydrogen) atoms. The molecule has 1 aromatic rings. The van der Waals surface area contributed by atoms with Crippen molar-refractivity contribution in [3.8, 4) is 0 Å². The van der Waals surface area contributed by atoms with E-state index in [0.29, 0.717) is 5.12 Å². The number of nitrogens with two attached hydrogens (primary N) is 2. The SMILES string of the molecule is COC(=O)C(NC(=O)CCN(CC(F)F)C(=O)c1ccccc1N(N)N)C(C)=O. The number of methoxy groups -OCH3 is 1. The molecule has 160 valence electrons. The number of carbonyl (C=O) groups excluding carboxylic acids is 4. The van der Waals surface area contributed by atoms with Crippen molar-refractivity contribution in [3.63, 3.8) is 0 Å². The van der Waals surface area contributed by atoms with E-state index in [4.69, 9.17) is 11.7 Å². The molecule has 0 bridgehead atoms. The molecule has 1 aromatic carbocycles. The normalized spacial score (nSPS) is 11.6. The molecular formula is C17H23F2N5O5. The molecule has 1 unspecified atom stereocenters. The smallest absolute Gasteiger partial charge is 0.336 e. The maximum atomic E-state index is 13.0. The third kappa shape index (κ3) is 7.08. The molecule has 1 rings (SSSR count). The first kappa shape index (κ1) is 23.9. The maximum Gasteiger partial charge on any atom is 0.336 e. The lowest BCUT2D eigenvalue weighted by Crippen LogP contribution is -2.47. The van der Waals surface area contributed by atoms with Gasteiger partial charge in [-0.1, -0.05) is 12.1 Å². The Morgan fingerprint density at radius 3 is 2.31 bits per heavy atom. The van der Waals surface area contributed by atoms with Gasteiger partial charge in [-0.3, -0.25) is 14.4 Å². The van der Waals surface area contributed by atoms with Gasteiger partial charge >= 0.3 is 5.97 Å². The number of rotatable bonds is 10. The van der Waals surface area contributed by atoms with Crippen LogP contribution in [0.15, 0.2) is 24.3 Å². The van der Waals surface area contributed by atoms with Crippen molar-refractivity contribution in [1.29, 1.82) is 0 Å². The molecule has 5 N–H and O–H groups in total. The number of nitrogens with zero attached hydrogens (tertiary/aromatic N) is 2. The van der Waals surface area contributed by atoms with Gasteiger partial charge in [0.15, 0.2) is 11.8 Å². The highest BCUT2D eigenvalue weighted by atomic mass is 19.3. The largest absolute Gasteiger partial charge is 0.467 e. The first-order chi connectivity index (χ1) is 13.6. The monoisotopic (exact) mass is 415 g/mol. The topological polar surface area (TPSA) is 148 Å². The van der Waals surface area contributed by atoms with Gasteiger partial charge in [-0.05, 0) is 19.1 Å². The van der Waals surface area contributed by atoms with E-state index in [1.54, 1.807) is 6.07 Å². The number of carbonyl (C=O) groups is 4. The molecule has 0 saturated carbocycles. The van der Waals surface area contributed by atoms with Gasteiger partial charge in [-0.25, -0.2) is 30.4 Å². The lowest BCUT2D eigenvalue weighted by atomic mass is 10.1. The molecule has 1 atom stereocenters. The molecule has 12 heteroatoms. The van der Waals surface area contributed by atoms with E-state index in [1.165, 1.54) is 18.2 Å². The summed E-state index contributed by atoms with van der Waals surface area (Å²) in [6.07, 6.45) is -3.29. The summed E-state index contributed by atoms with van der Waals surface area (Å²) in [5.74, 6) is 7.67. The number of para-hydroxylation sites is 1. The fourth-order valence-corrected chi connectivity index (χ4v) is 2.41. The van der Waals surface area contributed by atoms with Gasteiger partial charge in [0.05, 0.1) is 24.9 Å². The van der Waals surface area contributed by atoms with Crippen molar-refractivity contribution in [2.75, 3.05) is 25.3 Å². The highest BCUT2D eigenvalue weighted by Gasteiger charge is 2.27. The van der Waals surface area contributed by atoms with E-state index < -0.39 is 55.5 Å². The predicted octanol–water partition coefficient (Wildman–Crippen LogP) is -0.415. The number of halogens is 2. The van der Waals surface area contributed by atoms with Crippen molar-refractivity contribution in [2.24, 2.45) is 11.7 Å². The van der Waals surface area contributed by atoms with Gasteiger partial charge < -0.3 is 15.0 Å². The molecule has 0 radical (unpaired) electrons. The number of hydrogen-bond acceptors (Lipinski definition) is 8. The van der Waals surface area contributed by atoms with Gasteiger partial charge in [-0.2, -0.15) is 0 Å². The molecule has 0 aliphatic rings. The van der Waals surface area contributed by atoms with E-state index in [-0.39, 0.29) is 11.3 Å². The number of ether oxygens (including phenoxy) is 1. The Labute approximate surface area is 165 Å². The van der Waals surface area contributed by atoms with Crippen LogP contribution in [0.5, 0.6) is 0 Å². The number of hydrogen-bond donors (Lipinski definition) is 3. The Hall–Kier alpha value is -3.12. The summed E-state index contributed by atoms with van der Waals surface area (Å²) in [4.78, 5) is 48.5. The molecule has 0 spiro atoms. The van der Waals surface area contributed by atoms with Crippen molar-refractivity contribution >= 4 is 29.3 Å². The summed E-state index contributed by atoms with van der Waals surface area (Å²) in [6, 6.07) is 4.32. The Bertz CT molecular complexity index is 759. The number of nitrogens with one attached hydrogen (secondary N) is 1. The Balaban J connectivity index is 2.92.